The van der Waals surface area contributed by atoms with Crippen molar-refractivity contribution in [3.8, 4) is 0 Å². The van der Waals surface area contributed by atoms with Gasteiger partial charge in [0, 0.05) is 0 Å². The van der Waals surface area contributed by atoms with E-state index in [0.29, 0.717) is 0 Å². The summed E-state index contributed by atoms with van der Waals surface area (Å²) in [7, 11) is 0. The zero-order chi connectivity index (χ0) is 17.2. The van der Waals surface area contributed by atoms with Crippen molar-refractivity contribution in [2.24, 2.45) is 0 Å². The molecule has 0 aliphatic rings. The van der Waals surface area contributed by atoms with Crippen molar-refractivity contribution in [1.29, 1.82) is 0 Å². The average molecular weight is 393 g/mol. The second-order valence-electron chi connectivity index (χ2n) is 5.80. The quantitative estimate of drug-likeness (QED) is 0.488. The number of hydrogen-bond donors (Lipinski definition) is 3. The average Bonchev–Trinajstić information content (AvgIpc) is 2.70. The molecule has 0 saturated carbocycles. The molecule has 0 saturated heterocycles. The Labute approximate surface area is 155 Å². The van der Waals surface area contributed by atoms with Gasteiger partial charge in [-0.25, -0.2) is 0 Å². The van der Waals surface area contributed by atoms with E-state index in [2.05, 4.69) is 104 Å². The van der Waals surface area contributed by atoms with Gasteiger partial charge in [-0.2, -0.15) is 0 Å². The van der Waals surface area contributed by atoms with Gasteiger partial charge in [-0.15, -0.1) is 0 Å². The van der Waals surface area contributed by atoms with Crippen LogP contribution in [-0.4, -0.2) is 15.3 Å². The van der Waals surface area contributed by atoms with Crippen LogP contribution in [0.25, 0.3) is 0 Å². The molecule has 0 spiro atoms. The van der Waals surface area contributed by atoms with Gasteiger partial charge < -0.3 is 0 Å². The number of benzene rings is 3. The fourth-order valence-electron chi connectivity index (χ4n) is 2.47. The van der Waals surface area contributed by atoms with Gasteiger partial charge in [0.25, 0.3) is 0 Å². The van der Waals surface area contributed by atoms with Crippen LogP contribution in [0.1, 0.15) is 16.7 Å². The van der Waals surface area contributed by atoms with Crippen LogP contribution in [0.15, 0.2) is 91.0 Å². The Morgan fingerprint density at radius 1 is 0.440 bits per heavy atom. The maximum absolute atomic E-state index is 3.70. The molecule has 0 bridgehead atoms. The van der Waals surface area contributed by atoms with Gasteiger partial charge in [0.05, 0.1) is 0 Å². The van der Waals surface area contributed by atoms with Crippen LogP contribution in [0.3, 0.4) is 0 Å². The zero-order valence-corrected chi connectivity index (χ0v) is 16.1. The third kappa shape index (κ3) is 6.49. The molecule has 3 aromatic carbocycles. The molecule has 3 N–H and O–H groups in total. The van der Waals surface area contributed by atoms with Crippen molar-refractivity contribution in [1.82, 2.24) is 12.7 Å². The second-order valence-corrected chi connectivity index (χ2v) is 9.19. The fourth-order valence-corrected chi connectivity index (χ4v) is 5.31. The van der Waals surface area contributed by atoms with Gasteiger partial charge in [-0.1, -0.05) is 0 Å². The van der Waals surface area contributed by atoms with E-state index in [1.54, 1.807) is 0 Å². The van der Waals surface area contributed by atoms with Crippen LogP contribution >= 0.6 is 0 Å². The Morgan fingerprint density at radius 2 is 0.720 bits per heavy atom. The summed E-state index contributed by atoms with van der Waals surface area (Å²) in [6.45, 7) is 2.64. The third-order valence-electron chi connectivity index (χ3n) is 3.85. The van der Waals surface area contributed by atoms with Crippen molar-refractivity contribution >= 4 is 15.3 Å². The van der Waals surface area contributed by atoms with Crippen molar-refractivity contribution in [2.45, 2.75) is 19.6 Å². The molecule has 0 aliphatic heterocycles. The fraction of sp³-hybridized carbons (Fsp3) is 0.143. The molecule has 25 heavy (non-hydrogen) atoms. The van der Waals surface area contributed by atoms with Crippen molar-refractivity contribution in [3.05, 3.63) is 108 Å². The Kier molecular flexibility index (Phi) is 7.29. The summed E-state index contributed by atoms with van der Waals surface area (Å²) in [5, 5.41) is 0. The Bertz CT molecular complexity index is 616. The van der Waals surface area contributed by atoms with E-state index >= 15 is 0 Å². The maximum atomic E-state index is 3.70. The van der Waals surface area contributed by atoms with Crippen LogP contribution < -0.4 is 12.7 Å². The molecule has 0 amide bonds. The molecule has 0 fully saturated rings. The van der Waals surface area contributed by atoms with E-state index < -0.39 is 15.3 Å². The SMILES string of the molecule is c1ccc(CN[As](NCc2ccccc2)NCc2ccccc2)cc1. The predicted molar refractivity (Wildman–Crippen MR) is 106 cm³/mol. The van der Waals surface area contributed by atoms with Gasteiger partial charge >= 0.3 is 155 Å². The van der Waals surface area contributed by atoms with Gasteiger partial charge in [-0.05, 0) is 0 Å². The van der Waals surface area contributed by atoms with Gasteiger partial charge in [0.1, 0.15) is 0 Å². The Morgan fingerprint density at radius 3 is 1.00 bits per heavy atom. The molecule has 128 valence electrons. The van der Waals surface area contributed by atoms with Crippen molar-refractivity contribution in [2.75, 3.05) is 0 Å². The number of rotatable bonds is 9. The summed E-state index contributed by atoms with van der Waals surface area (Å²) < 4.78 is 11.1. The first kappa shape index (κ1) is 17.9. The van der Waals surface area contributed by atoms with E-state index in [1.165, 1.54) is 16.7 Å². The van der Waals surface area contributed by atoms with E-state index in [1.807, 2.05) is 0 Å². The molecular formula is C21H24AsN3. The molecule has 3 aromatic rings. The first-order valence-electron chi connectivity index (χ1n) is 8.52. The minimum absolute atomic E-state index is 0.879. The van der Waals surface area contributed by atoms with E-state index in [0.717, 1.165) is 19.6 Å². The summed E-state index contributed by atoms with van der Waals surface area (Å²) in [5.41, 5.74) is 3.93. The van der Waals surface area contributed by atoms with Crippen LogP contribution in [0.2, 0.25) is 0 Å². The summed E-state index contributed by atoms with van der Waals surface area (Å²) >= 11 is -1.57. The van der Waals surface area contributed by atoms with E-state index in [-0.39, 0.29) is 0 Å². The van der Waals surface area contributed by atoms with Crippen LogP contribution in [0.4, 0.5) is 0 Å². The van der Waals surface area contributed by atoms with Crippen LogP contribution in [-0.2, 0) is 19.6 Å². The summed E-state index contributed by atoms with van der Waals surface area (Å²) in [4.78, 5) is 0. The van der Waals surface area contributed by atoms with Crippen LogP contribution in [0.5, 0.6) is 0 Å². The van der Waals surface area contributed by atoms with Gasteiger partial charge in [0.15, 0.2) is 0 Å². The zero-order valence-electron chi connectivity index (χ0n) is 14.2. The summed E-state index contributed by atoms with van der Waals surface area (Å²) in [6, 6.07) is 31.7. The monoisotopic (exact) mass is 393 g/mol. The number of nitrogens with one attached hydrogen (secondary N) is 3. The van der Waals surface area contributed by atoms with Gasteiger partial charge in [0.2, 0.25) is 0 Å². The first-order chi connectivity index (χ1) is 12.4. The van der Waals surface area contributed by atoms with Crippen molar-refractivity contribution < 1.29 is 0 Å². The third-order valence-corrected chi connectivity index (χ3v) is 6.84. The molecule has 0 atom stereocenters. The molecule has 0 unspecified atom stereocenters. The molecule has 0 aliphatic carbocycles. The molecular weight excluding hydrogens is 369 g/mol. The topological polar surface area (TPSA) is 36.1 Å². The molecule has 0 radical (unpaired) electrons. The Hall–Kier alpha value is -1.90. The van der Waals surface area contributed by atoms with E-state index in [9.17, 15) is 0 Å². The van der Waals surface area contributed by atoms with Crippen LogP contribution in [0, 0.1) is 0 Å². The van der Waals surface area contributed by atoms with Crippen molar-refractivity contribution in [3.63, 3.8) is 0 Å². The number of hydrogen-bond acceptors (Lipinski definition) is 3. The Balaban J connectivity index is 1.56. The molecule has 0 aromatic heterocycles. The molecule has 0 heterocycles. The molecule has 3 nitrogen and oxygen atoms in total. The minimum atomic E-state index is -1.57. The first-order valence-corrected chi connectivity index (χ1v) is 11.3. The predicted octanol–water partition coefficient (Wildman–Crippen LogP) is 3.34. The summed E-state index contributed by atoms with van der Waals surface area (Å²) in [6.07, 6.45) is 0. The summed E-state index contributed by atoms with van der Waals surface area (Å²) in [5.74, 6) is 0. The normalized spacial score (nSPS) is 10.9. The second kappa shape index (κ2) is 10.2. The molecule has 3 rings (SSSR count). The standard InChI is InChI=1S/C21H24AsN3/c1-4-10-19(11-5-1)16-23-22(24-17-20-12-6-2-7-13-20)25-18-21-14-8-3-9-15-21/h1-15,23-25H,16-18H2. The van der Waals surface area contributed by atoms with E-state index in [4.69, 9.17) is 0 Å². The van der Waals surface area contributed by atoms with Gasteiger partial charge in [-0.3, -0.25) is 0 Å². The molecule has 4 heteroatoms.